The third-order valence-corrected chi connectivity index (χ3v) is 3.07. The summed E-state index contributed by atoms with van der Waals surface area (Å²) >= 11 is 0. The van der Waals surface area contributed by atoms with Crippen LogP contribution in [0.5, 0.6) is 0 Å². The minimum atomic E-state index is -0.0657. The molecule has 2 aromatic rings. The number of aryl methyl sites for hydroxylation is 1. The van der Waals surface area contributed by atoms with Crippen LogP contribution in [0.1, 0.15) is 39.1 Å². The third-order valence-electron chi connectivity index (χ3n) is 3.07. The molecule has 0 bridgehead atoms. The van der Waals surface area contributed by atoms with Crippen LogP contribution in [0.3, 0.4) is 0 Å². The van der Waals surface area contributed by atoms with E-state index in [1.54, 1.807) is 0 Å². The molecular weight excluding hydrogens is 236 g/mol. The first kappa shape index (κ1) is 13.5. The van der Waals surface area contributed by atoms with E-state index >= 15 is 0 Å². The number of fused-ring (bicyclic) bond motifs is 1. The van der Waals surface area contributed by atoms with Crippen LogP contribution in [0.2, 0.25) is 0 Å². The molecule has 0 aliphatic carbocycles. The molecule has 0 spiro atoms. The van der Waals surface area contributed by atoms with Crippen molar-refractivity contribution in [2.75, 3.05) is 0 Å². The van der Waals surface area contributed by atoms with Gasteiger partial charge in [-0.3, -0.25) is 0 Å². The highest BCUT2D eigenvalue weighted by Gasteiger charge is 2.24. The van der Waals surface area contributed by atoms with Gasteiger partial charge in [0.2, 0.25) is 0 Å². The van der Waals surface area contributed by atoms with E-state index in [4.69, 9.17) is 10.2 Å². The van der Waals surface area contributed by atoms with E-state index in [0.29, 0.717) is 6.54 Å². The standard InChI is InChI=1S/C15H20N4/c1-10-6-12-13(17-8-10)19(9-11(2)7-16)14(18-12)15(3,4)5/h6,8,11H,9H2,1-5H3. The van der Waals surface area contributed by atoms with E-state index < -0.39 is 0 Å². The van der Waals surface area contributed by atoms with Gasteiger partial charge in [0, 0.05) is 18.2 Å². The van der Waals surface area contributed by atoms with Crippen molar-refractivity contribution in [3.63, 3.8) is 0 Å². The zero-order chi connectivity index (χ0) is 14.2. The van der Waals surface area contributed by atoms with Crippen molar-refractivity contribution in [1.29, 1.82) is 5.26 Å². The van der Waals surface area contributed by atoms with E-state index in [1.165, 1.54) is 0 Å². The van der Waals surface area contributed by atoms with E-state index in [1.807, 2.05) is 26.1 Å². The summed E-state index contributed by atoms with van der Waals surface area (Å²) in [5, 5.41) is 9.04. The van der Waals surface area contributed by atoms with Gasteiger partial charge in [0.05, 0.1) is 12.0 Å². The fourth-order valence-electron chi connectivity index (χ4n) is 2.17. The minimum Gasteiger partial charge on any atom is -0.311 e. The third kappa shape index (κ3) is 2.60. The number of nitrogens with zero attached hydrogens (tertiary/aromatic N) is 4. The molecule has 0 radical (unpaired) electrons. The molecule has 0 saturated heterocycles. The molecule has 1 unspecified atom stereocenters. The molecule has 2 rings (SSSR count). The van der Waals surface area contributed by atoms with Gasteiger partial charge >= 0.3 is 0 Å². The molecule has 0 saturated carbocycles. The summed E-state index contributed by atoms with van der Waals surface area (Å²) in [7, 11) is 0. The maximum absolute atomic E-state index is 9.04. The number of imidazole rings is 1. The fraction of sp³-hybridized carbons (Fsp3) is 0.533. The van der Waals surface area contributed by atoms with Crippen LogP contribution in [0.4, 0.5) is 0 Å². The van der Waals surface area contributed by atoms with Gasteiger partial charge < -0.3 is 4.57 Å². The first-order chi connectivity index (χ1) is 8.82. The largest absolute Gasteiger partial charge is 0.311 e. The lowest BCUT2D eigenvalue weighted by atomic mass is 9.95. The highest BCUT2D eigenvalue weighted by molar-refractivity contribution is 5.72. The van der Waals surface area contributed by atoms with Crippen LogP contribution < -0.4 is 0 Å². The molecular formula is C15H20N4. The molecule has 0 fully saturated rings. The van der Waals surface area contributed by atoms with E-state index in [2.05, 4.69) is 36.4 Å². The molecule has 0 aliphatic rings. The lowest BCUT2D eigenvalue weighted by Gasteiger charge is -2.20. The summed E-state index contributed by atoms with van der Waals surface area (Å²) in [6.45, 7) is 11.0. The second-order valence-corrected chi connectivity index (χ2v) is 6.18. The van der Waals surface area contributed by atoms with Gasteiger partial charge in [0.1, 0.15) is 11.3 Å². The van der Waals surface area contributed by atoms with E-state index in [-0.39, 0.29) is 11.3 Å². The van der Waals surface area contributed by atoms with Crippen molar-refractivity contribution in [3.05, 3.63) is 23.7 Å². The molecule has 0 N–H and O–H groups in total. The monoisotopic (exact) mass is 256 g/mol. The highest BCUT2D eigenvalue weighted by atomic mass is 15.1. The van der Waals surface area contributed by atoms with E-state index in [0.717, 1.165) is 22.6 Å². The zero-order valence-corrected chi connectivity index (χ0v) is 12.2. The molecule has 0 amide bonds. The molecule has 4 nitrogen and oxygen atoms in total. The Morgan fingerprint density at radius 2 is 2.11 bits per heavy atom. The number of aromatic nitrogens is 3. The maximum Gasteiger partial charge on any atom is 0.160 e. The van der Waals surface area contributed by atoms with Crippen LogP contribution in [-0.2, 0) is 12.0 Å². The van der Waals surface area contributed by atoms with Crippen LogP contribution in [0, 0.1) is 24.2 Å². The number of hydrogen-bond acceptors (Lipinski definition) is 3. The fourth-order valence-corrected chi connectivity index (χ4v) is 2.17. The predicted molar refractivity (Wildman–Crippen MR) is 75.7 cm³/mol. The average Bonchev–Trinajstić information content (AvgIpc) is 2.67. The first-order valence-corrected chi connectivity index (χ1v) is 6.56. The molecule has 0 aromatic carbocycles. The van der Waals surface area contributed by atoms with Crippen molar-refractivity contribution in [1.82, 2.24) is 14.5 Å². The maximum atomic E-state index is 9.04. The lowest BCUT2D eigenvalue weighted by molar-refractivity contribution is 0.478. The molecule has 1 atom stereocenters. The first-order valence-electron chi connectivity index (χ1n) is 6.56. The van der Waals surface area contributed by atoms with Crippen LogP contribution >= 0.6 is 0 Å². The Labute approximate surface area is 114 Å². The van der Waals surface area contributed by atoms with Crippen molar-refractivity contribution in [3.8, 4) is 6.07 Å². The van der Waals surface area contributed by atoms with Gasteiger partial charge in [-0.05, 0) is 25.5 Å². The molecule has 100 valence electrons. The van der Waals surface area contributed by atoms with Crippen LogP contribution in [-0.4, -0.2) is 14.5 Å². The summed E-state index contributed by atoms with van der Waals surface area (Å²) < 4.78 is 2.09. The van der Waals surface area contributed by atoms with Gasteiger partial charge in [0.25, 0.3) is 0 Å². The smallest absolute Gasteiger partial charge is 0.160 e. The van der Waals surface area contributed by atoms with Gasteiger partial charge in [-0.1, -0.05) is 20.8 Å². The zero-order valence-electron chi connectivity index (χ0n) is 12.2. The highest BCUT2D eigenvalue weighted by Crippen LogP contribution is 2.26. The summed E-state index contributed by atoms with van der Waals surface area (Å²) in [6.07, 6.45) is 1.85. The Kier molecular flexibility index (Phi) is 3.32. The normalized spacial score (nSPS) is 13.5. The van der Waals surface area contributed by atoms with Crippen molar-refractivity contribution in [2.45, 2.75) is 46.6 Å². The second-order valence-electron chi connectivity index (χ2n) is 6.18. The van der Waals surface area contributed by atoms with Crippen molar-refractivity contribution < 1.29 is 0 Å². The minimum absolute atomic E-state index is 0.0541. The van der Waals surface area contributed by atoms with Gasteiger partial charge in [-0.2, -0.15) is 5.26 Å². The van der Waals surface area contributed by atoms with E-state index in [9.17, 15) is 0 Å². The van der Waals surface area contributed by atoms with Crippen molar-refractivity contribution >= 4 is 11.2 Å². The number of nitriles is 1. The number of rotatable bonds is 2. The quantitative estimate of drug-likeness (QED) is 0.829. The summed E-state index contributed by atoms with van der Waals surface area (Å²) in [5.74, 6) is 0.935. The molecule has 19 heavy (non-hydrogen) atoms. The number of hydrogen-bond donors (Lipinski definition) is 0. The number of pyridine rings is 1. The second kappa shape index (κ2) is 4.65. The summed E-state index contributed by atoms with van der Waals surface area (Å²) in [4.78, 5) is 9.22. The Balaban J connectivity index is 2.66. The summed E-state index contributed by atoms with van der Waals surface area (Å²) in [5.41, 5.74) is 2.82. The topological polar surface area (TPSA) is 54.5 Å². The summed E-state index contributed by atoms with van der Waals surface area (Å²) in [6, 6.07) is 4.33. The SMILES string of the molecule is Cc1cnc2c(c1)nc(C(C)(C)C)n2CC(C)C#N. The van der Waals surface area contributed by atoms with Crippen LogP contribution in [0.25, 0.3) is 11.2 Å². The van der Waals surface area contributed by atoms with Crippen molar-refractivity contribution in [2.24, 2.45) is 5.92 Å². The average molecular weight is 256 g/mol. The van der Waals surface area contributed by atoms with Gasteiger partial charge in [-0.25, -0.2) is 9.97 Å². The lowest BCUT2D eigenvalue weighted by Crippen LogP contribution is -2.21. The Bertz CT molecular complexity index is 640. The van der Waals surface area contributed by atoms with Gasteiger partial charge in [-0.15, -0.1) is 0 Å². The molecule has 2 heterocycles. The predicted octanol–water partition coefficient (Wildman–Crippen LogP) is 3.20. The Hall–Kier alpha value is -1.89. The Morgan fingerprint density at radius 1 is 1.42 bits per heavy atom. The Morgan fingerprint density at radius 3 is 2.68 bits per heavy atom. The van der Waals surface area contributed by atoms with Crippen LogP contribution in [0.15, 0.2) is 12.3 Å². The van der Waals surface area contributed by atoms with Gasteiger partial charge in [0.15, 0.2) is 5.65 Å². The molecule has 2 aromatic heterocycles. The molecule has 0 aliphatic heterocycles. The molecule has 4 heteroatoms.